The van der Waals surface area contributed by atoms with Gasteiger partial charge in [-0.05, 0) is 12.1 Å². The van der Waals surface area contributed by atoms with Gasteiger partial charge in [0.1, 0.15) is 17.9 Å². The van der Waals surface area contributed by atoms with Crippen LogP contribution in [0.25, 0.3) is 10.9 Å². The van der Waals surface area contributed by atoms with Gasteiger partial charge < -0.3 is 4.74 Å². The molecule has 9 heteroatoms. The Kier molecular flexibility index (Phi) is 3.75. The van der Waals surface area contributed by atoms with Crippen molar-refractivity contribution in [2.75, 3.05) is 0 Å². The lowest BCUT2D eigenvalue weighted by Gasteiger charge is -2.08. The van der Waals surface area contributed by atoms with E-state index >= 15 is 0 Å². The average molecular weight is 338 g/mol. The molecule has 1 aromatic heterocycles. The molecule has 6 nitrogen and oxygen atoms in total. The molecule has 23 heavy (non-hydrogen) atoms. The van der Waals surface area contributed by atoms with Crippen LogP contribution in [-0.4, -0.2) is 14.9 Å². The van der Waals surface area contributed by atoms with Crippen LogP contribution < -0.4 is 4.74 Å². The van der Waals surface area contributed by atoms with E-state index in [1.807, 2.05) is 0 Å². The Morgan fingerprint density at radius 3 is 2.61 bits per heavy atom. The molecule has 2 aromatic carbocycles. The largest absolute Gasteiger partial charge is 0.438 e. The molecule has 0 amide bonds. The standard InChI is InChI=1S/C14H6ClF2N3O3/c15-9-3-7(1-2-10(9)16)23-14-8-4-13(20(21)22)11(17)5-12(8)18-6-19-14/h1-6H. The van der Waals surface area contributed by atoms with Crippen LogP contribution in [0.3, 0.4) is 0 Å². The monoisotopic (exact) mass is 337 g/mol. The number of fused-ring (bicyclic) bond motifs is 1. The van der Waals surface area contributed by atoms with E-state index in [0.717, 1.165) is 24.5 Å². The quantitative estimate of drug-likeness (QED) is 0.527. The second-order valence-corrected chi connectivity index (χ2v) is 4.84. The van der Waals surface area contributed by atoms with Crippen LogP contribution in [0.4, 0.5) is 14.5 Å². The molecule has 0 unspecified atom stereocenters. The van der Waals surface area contributed by atoms with Crippen LogP contribution in [-0.2, 0) is 0 Å². The summed E-state index contributed by atoms with van der Waals surface area (Å²) < 4.78 is 32.2. The van der Waals surface area contributed by atoms with Gasteiger partial charge >= 0.3 is 5.69 Å². The third-order valence-corrected chi connectivity index (χ3v) is 3.26. The van der Waals surface area contributed by atoms with Crippen LogP contribution in [0.15, 0.2) is 36.7 Å². The van der Waals surface area contributed by atoms with Gasteiger partial charge in [-0.3, -0.25) is 10.1 Å². The molecule has 0 radical (unpaired) electrons. The topological polar surface area (TPSA) is 78.2 Å². The average Bonchev–Trinajstić information content (AvgIpc) is 2.50. The van der Waals surface area contributed by atoms with Crippen molar-refractivity contribution in [3.63, 3.8) is 0 Å². The van der Waals surface area contributed by atoms with Gasteiger partial charge in [0.05, 0.1) is 20.8 Å². The molecule has 0 aliphatic carbocycles. The van der Waals surface area contributed by atoms with E-state index in [-0.39, 0.29) is 27.6 Å². The number of hydrogen-bond donors (Lipinski definition) is 0. The Morgan fingerprint density at radius 2 is 1.91 bits per heavy atom. The minimum Gasteiger partial charge on any atom is -0.438 e. The molecule has 0 bridgehead atoms. The highest BCUT2D eigenvalue weighted by Gasteiger charge is 2.18. The maximum Gasteiger partial charge on any atom is 0.305 e. The second kappa shape index (κ2) is 5.73. The number of nitro groups is 1. The van der Waals surface area contributed by atoms with Gasteiger partial charge in [-0.1, -0.05) is 11.6 Å². The van der Waals surface area contributed by atoms with E-state index in [9.17, 15) is 18.9 Å². The molecule has 0 atom stereocenters. The van der Waals surface area contributed by atoms with Crippen molar-refractivity contribution < 1.29 is 18.4 Å². The maximum absolute atomic E-state index is 13.6. The highest BCUT2D eigenvalue weighted by atomic mass is 35.5. The van der Waals surface area contributed by atoms with Gasteiger partial charge in [-0.2, -0.15) is 4.39 Å². The van der Waals surface area contributed by atoms with Crippen molar-refractivity contribution in [3.05, 3.63) is 63.4 Å². The molecule has 0 saturated carbocycles. The predicted octanol–water partition coefficient (Wildman–Crippen LogP) is 4.26. The van der Waals surface area contributed by atoms with E-state index in [1.54, 1.807) is 0 Å². The lowest BCUT2D eigenvalue weighted by Crippen LogP contribution is -1.96. The summed E-state index contributed by atoms with van der Waals surface area (Å²) in [6.45, 7) is 0. The number of ether oxygens (including phenoxy) is 1. The zero-order chi connectivity index (χ0) is 16.6. The number of aromatic nitrogens is 2. The molecule has 3 rings (SSSR count). The van der Waals surface area contributed by atoms with Crippen LogP contribution in [0.5, 0.6) is 11.6 Å². The van der Waals surface area contributed by atoms with Crippen LogP contribution >= 0.6 is 11.6 Å². The zero-order valence-corrected chi connectivity index (χ0v) is 11.9. The van der Waals surface area contributed by atoms with Gasteiger partial charge in [-0.15, -0.1) is 0 Å². The van der Waals surface area contributed by atoms with Crippen molar-refractivity contribution in [2.24, 2.45) is 0 Å². The van der Waals surface area contributed by atoms with Gasteiger partial charge in [0.2, 0.25) is 11.7 Å². The first-order chi connectivity index (χ1) is 11.0. The molecule has 0 aliphatic rings. The van der Waals surface area contributed by atoms with Gasteiger partial charge in [0, 0.05) is 18.2 Å². The number of hydrogen-bond acceptors (Lipinski definition) is 5. The fourth-order valence-electron chi connectivity index (χ4n) is 1.92. The number of benzene rings is 2. The highest BCUT2D eigenvalue weighted by molar-refractivity contribution is 6.30. The predicted molar refractivity (Wildman–Crippen MR) is 77.6 cm³/mol. The fourth-order valence-corrected chi connectivity index (χ4v) is 2.09. The van der Waals surface area contributed by atoms with E-state index in [0.29, 0.717) is 0 Å². The summed E-state index contributed by atoms with van der Waals surface area (Å²) in [7, 11) is 0. The number of nitro benzene ring substituents is 1. The molecule has 0 spiro atoms. The highest BCUT2D eigenvalue weighted by Crippen LogP contribution is 2.32. The Bertz CT molecular complexity index is 937. The lowest BCUT2D eigenvalue weighted by atomic mass is 10.2. The van der Waals surface area contributed by atoms with Gasteiger partial charge in [0.15, 0.2) is 0 Å². The smallest absolute Gasteiger partial charge is 0.305 e. The molecule has 3 aromatic rings. The molecule has 1 heterocycles. The van der Waals surface area contributed by atoms with Crippen LogP contribution in [0.2, 0.25) is 5.02 Å². The summed E-state index contributed by atoms with van der Waals surface area (Å²) in [4.78, 5) is 17.7. The van der Waals surface area contributed by atoms with Crippen molar-refractivity contribution in [1.82, 2.24) is 9.97 Å². The number of rotatable bonds is 3. The normalized spacial score (nSPS) is 10.7. The number of halogens is 3. The Morgan fingerprint density at radius 1 is 1.13 bits per heavy atom. The first kappa shape index (κ1) is 15.0. The van der Waals surface area contributed by atoms with Crippen molar-refractivity contribution in [2.45, 2.75) is 0 Å². The fraction of sp³-hybridized carbons (Fsp3) is 0. The number of nitrogens with zero attached hydrogens (tertiary/aromatic N) is 3. The SMILES string of the molecule is O=[N+]([O-])c1cc2c(Oc3ccc(F)c(Cl)c3)ncnc2cc1F. The maximum atomic E-state index is 13.6. The van der Waals surface area contributed by atoms with E-state index in [1.165, 1.54) is 12.1 Å². The zero-order valence-electron chi connectivity index (χ0n) is 11.2. The molecule has 116 valence electrons. The van der Waals surface area contributed by atoms with Crippen molar-refractivity contribution >= 4 is 28.2 Å². The summed E-state index contributed by atoms with van der Waals surface area (Å²) in [5.41, 5.74) is -0.597. The summed E-state index contributed by atoms with van der Waals surface area (Å²) in [5, 5.41) is 10.8. The third-order valence-electron chi connectivity index (χ3n) is 2.97. The minimum atomic E-state index is -1.02. The summed E-state index contributed by atoms with van der Waals surface area (Å²) in [6.07, 6.45) is 1.12. The lowest BCUT2D eigenvalue weighted by molar-refractivity contribution is -0.387. The van der Waals surface area contributed by atoms with Gasteiger partial charge in [0.25, 0.3) is 0 Å². The Labute approximate surface area is 132 Å². The summed E-state index contributed by atoms with van der Waals surface area (Å²) in [6, 6.07) is 5.53. The van der Waals surface area contributed by atoms with E-state index in [4.69, 9.17) is 16.3 Å². The Balaban J connectivity index is 2.11. The third kappa shape index (κ3) is 2.88. The Hall–Kier alpha value is -2.87. The van der Waals surface area contributed by atoms with Crippen LogP contribution in [0.1, 0.15) is 0 Å². The minimum absolute atomic E-state index is 0.0409. The van der Waals surface area contributed by atoms with Crippen molar-refractivity contribution in [1.29, 1.82) is 0 Å². The first-order valence-corrected chi connectivity index (χ1v) is 6.55. The molecular formula is C14H6ClF2N3O3. The van der Waals surface area contributed by atoms with Gasteiger partial charge in [-0.25, -0.2) is 14.4 Å². The molecular weight excluding hydrogens is 332 g/mol. The van der Waals surface area contributed by atoms with Crippen molar-refractivity contribution in [3.8, 4) is 11.6 Å². The molecule has 0 N–H and O–H groups in total. The molecule has 0 fully saturated rings. The van der Waals surface area contributed by atoms with Crippen LogP contribution in [0, 0.1) is 21.7 Å². The molecule has 0 saturated heterocycles. The molecule has 0 aliphatic heterocycles. The first-order valence-electron chi connectivity index (χ1n) is 6.17. The van der Waals surface area contributed by atoms with E-state index in [2.05, 4.69) is 9.97 Å². The summed E-state index contributed by atoms with van der Waals surface area (Å²) >= 11 is 5.66. The second-order valence-electron chi connectivity index (χ2n) is 4.43. The van der Waals surface area contributed by atoms with E-state index < -0.39 is 22.2 Å². The summed E-state index contributed by atoms with van der Waals surface area (Å²) in [5.74, 6) is -1.51.